The minimum absolute atomic E-state index is 0.0127. The van der Waals surface area contributed by atoms with Crippen molar-refractivity contribution < 1.29 is 28.6 Å². The monoisotopic (exact) mass is 603 g/mol. The molecule has 3 aliphatic heterocycles. The fraction of sp³-hybridized carbons (Fsp3) is 0.455. The summed E-state index contributed by atoms with van der Waals surface area (Å²) in [6.45, 7) is 7.92. The fourth-order valence-corrected chi connectivity index (χ4v) is 6.56. The van der Waals surface area contributed by atoms with E-state index in [1.807, 2.05) is 29.7 Å². The molecule has 3 saturated heterocycles. The Morgan fingerprint density at radius 2 is 1.77 bits per heavy atom. The number of carboxylic acids is 1. The molecule has 2 amide bonds. The van der Waals surface area contributed by atoms with Gasteiger partial charge in [-0.05, 0) is 69.9 Å². The molecule has 232 valence electrons. The van der Waals surface area contributed by atoms with E-state index in [9.17, 15) is 9.59 Å². The Balaban J connectivity index is 1.11. The molecular formula is C33H38FN5O5. The van der Waals surface area contributed by atoms with Gasteiger partial charge in [-0.25, -0.2) is 19.0 Å². The molecule has 1 unspecified atom stereocenters. The van der Waals surface area contributed by atoms with Crippen LogP contribution in [0.4, 0.5) is 9.18 Å². The second-order valence-electron chi connectivity index (χ2n) is 11.9. The number of likely N-dealkylation sites (tertiary alicyclic amines) is 1. The Labute approximate surface area is 256 Å². The molecule has 0 bridgehead atoms. The van der Waals surface area contributed by atoms with Gasteiger partial charge in [-0.1, -0.05) is 17.7 Å². The van der Waals surface area contributed by atoms with Crippen LogP contribution < -0.4 is 4.74 Å². The standard InChI is InChI=1S/C33H38FN5O5/c1-21-3-8-29(34)28(17-21)30-20-38(25-11-15-43-16-12-25)33(42)39(30)26-9-13-37(14-10-26)19-24-18-35-32(36-22(24)2)44-27-6-4-23(5-7-27)31(40)41/h3-8,17-18,25-26,30H,9-16,19-20H2,1-2H3,(H,40,41). The van der Waals surface area contributed by atoms with Crippen molar-refractivity contribution in [3.05, 3.63) is 82.4 Å². The van der Waals surface area contributed by atoms with Crippen molar-refractivity contribution in [1.29, 1.82) is 0 Å². The van der Waals surface area contributed by atoms with Gasteiger partial charge < -0.3 is 24.4 Å². The van der Waals surface area contributed by atoms with Crippen LogP contribution in [0.5, 0.6) is 11.8 Å². The normalized spacial score (nSPS) is 20.3. The Morgan fingerprint density at radius 1 is 1.05 bits per heavy atom. The van der Waals surface area contributed by atoms with Gasteiger partial charge in [-0.3, -0.25) is 4.90 Å². The van der Waals surface area contributed by atoms with Crippen LogP contribution in [0.3, 0.4) is 0 Å². The summed E-state index contributed by atoms with van der Waals surface area (Å²) in [5, 5.41) is 9.08. The molecule has 6 rings (SSSR count). The van der Waals surface area contributed by atoms with E-state index in [1.165, 1.54) is 18.2 Å². The lowest BCUT2D eigenvalue weighted by Gasteiger charge is -2.39. The lowest BCUT2D eigenvalue weighted by Crippen LogP contribution is -2.48. The summed E-state index contributed by atoms with van der Waals surface area (Å²) >= 11 is 0. The van der Waals surface area contributed by atoms with Crippen molar-refractivity contribution in [2.24, 2.45) is 0 Å². The number of rotatable bonds is 8. The number of aryl methyl sites for hydroxylation is 2. The number of hydrogen-bond donors (Lipinski definition) is 1. The predicted molar refractivity (Wildman–Crippen MR) is 160 cm³/mol. The highest BCUT2D eigenvalue weighted by molar-refractivity contribution is 5.87. The van der Waals surface area contributed by atoms with E-state index in [1.54, 1.807) is 24.4 Å². The first-order chi connectivity index (χ1) is 21.3. The molecule has 10 nitrogen and oxygen atoms in total. The number of aromatic nitrogens is 2. The van der Waals surface area contributed by atoms with E-state index in [0.29, 0.717) is 37.6 Å². The Kier molecular flexibility index (Phi) is 8.76. The highest BCUT2D eigenvalue weighted by atomic mass is 19.1. The summed E-state index contributed by atoms with van der Waals surface area (Å²) in [4.78, 5) is 40.2. The largest absolute Gasteiger partial charge is 0.478 e. The molecular weight excluding hydrogens is 565 g/mol. The van der Waals surface area contributed by atoms with Crippen molar-refractivity contribution in [3.63, 3.8) is 0 Å². The summed E-state index contributed by atoms with van der Waals surface area (Å²) in [5.41, 5.74) is 3.55. The predicted octanol–water partition coefficient (Wildman–Crippen LogP) is 5.35. The maximum Gasteiger partial charge on any atom is 0.335 e. The van der Waals surface area contributed by atoms with Gasteiger partial charge in [0.1, 0.15) is 11.6 Å². The van der Waals surface area contributed by atoms with Crippen molar-refractivity contribution in [3.8, 4) is 11.8 Å². The summed E-state index contributed by atoms with van der Waals surface area (Å²) in [6.07, 6.45) is 4.98. The summed E-state index contributed by atoms with van der Waals surface area (Å²) in [5.74, 6) is -0.800. The zero-order chi connectivity index (χ0) is 30.8. The quantitative estimate of drug-likeness (QED) is 0.368. The van der Waals surface area contributed by atoms with Crippen molar-refractivity contribution in [2.75, 3.05) is 32.8 Å². The number of urea groups is 1. The van der Waals surface area contributed by atoms with Crippen LogP contribution in [-0.4, -0.2) is 86.7 Å². The maximum atomic E-state index is 15.2. The van der Waals surface area contributed by atoms with Crippen LogP contribution in [0.25, 0.3) is 0 Å². The molecule has 2 aromatic carbocycles. The third-order valence-electron chi connectivity index (χ3n) is 9.03. The van der Waals surface area contributed by atoms with Crippen LogP contribution in [0.15, 0.2) is 48.7 Å². The Bertz CT molecular complexity index is 1500. The minimum atomic E-state index is -0.999. The van der Waals surface area contributed by atoms with E-state index in [0.717, 1.165) is 55.6 Å². The molecule has 0 spiro atoms. The van der Waals surface area contributed by atoms with E-state index < -0.39 is 5.97 Å². The van der Waals surface area contributed by atoms with Crippen LogP contribution in [0.1, 0.15) is 64.5 Å². The van der Waals surface area contributed by atoms with Gasteiger partial charge >= 0.3 is 18.0 Å². The van der Waals surface area contributed by atoms with Crippen LogP contribution in [-0.2, 0) is 11.3 Å². The average Bonchev–Trinajstić information content (AvgIpc) is 3.37. The SMILES string of the molecule is Cc1ccc(F)c(C2CN(C3CCOCC3)C(=O)N2C2CCN(Cc3cnc(Oc4ccc(C(=O)O)cc4)nc3C)CC2)c1. The topological polar surface area (TPSA) is 108 Å². The molecule has 44 heavy (non-hydrogen) atoms. The van der Waals surface area contributed by atoms with Gasteiger partial charge in [0.2, 0.25) is 0 Å². The molecule has 4 heterocycles. The van der Waals surface area contributed by atoms with E-state index in [4.69, 9.17) is 14.6 Å². The zero-order valence-corrected chi connectivity index (χ0v) is 25.1. The number of carboxylic acid groups (broad SMARTS) is 1. The number of piperidine rings is 1. The zero-order valence-electron chi connectivity index (χ0n) is 25.1. The molecule has 3 fully saturated rings. The first-order valence-electron chi connectivity index (χ1n) is 15.3. The third-order valence-corrected chi connectivity index (χ3v) is 9.03. The van der Waals surface area contributed by atoms with Gasteiger partial charge in [0, 0.05) is 74.5 Å². The number of benzene rings is 2. The minimum Gasteiger partial charge on any atom is -0.478 e. The van der Waals surface area contributed by atoms with E-state index in [2.05, 4.69) is 14.9 Å². The number of aromatic carboxylic acids is 1. The number of nitrogens with zero attached hydrogens (tertiary/aromatic N) is 5. The Hall–Kier alpha value is -4.09. The molecule has 3 aliphatic rings. The molecule has 0 aliphatic carbocycles. The highest BCUT2D eigenvalue weighted by Gasteiger charge is 2.46. The van der Waals surface area contributed by atoms with Gasteiger partial charge in [0.05, 0.1) is 11.6 Å². The second-order valence-corrected chi connectivity index (χ2v) is 11.9. The molecule has 1 aromatic heterocycles. The molecule has 1 atom stereocenters. The average molecular weight is 604 g/mol. The van der Waals surface area contributed by atoms with E-state index >= 15 is 4.39 Å². The van der Waals surface area contributed by atoms with E-state index in [-0.39, 0.29) is 41.5 Å². The number of hydrogen-bond acceptors (Lipinski definition) is 7. The molecule has 1 N–H and O–H groups in total. The lowest BCUT2D eigenvalue weighted by molar-refractivity contribution is 0.0493. The summed E-state index contributed by atoms with van der Waals surface area (Å²) < 4.78 is 26.4. The molecule has 11 heteroatoms. The van der Waals surface area contributed by atoms with Gasteiger partial charge in [-0.2, -0.15) is 4.98 Å². The van der Waals surface area contributed by atoms with Crippen molar-refractivity contribution in [2.45, 2.75) is 64.2 Å². The molecule has 3 aromatic rings. The first kappa shape index (κ1) is 30.0. The summed E-state index contributed by atoms with van der Waals surface area (Å²) in [7, 11) is 0. The smallest absolute Gasteiger partial charge is 0.335 e. The number of carbonyl (C=O) groups is 2. The summed E-state index contributed by atoms with van der Waals surface area (Å²) in [6, 6.07) is 11.3. The first-order valence-corrected chi connectivity index (χ1v) is 15.3. The molecule has 0 saturated carbocycles. The van der Waals surface area contributed by atoms with Crippen molar-refractivity contribution in [1.82, 2.24) is 24.7 Å². The maximum absolute atomic E-state index is 15.2. The fourth-order valence-electron chi connectivity index (χ4n) is 6.56. The third kappa shape index (κ3) is 6.39. The van der Waals surface area contributed by atoms with Gasteiger partial charge in [0.25, 0.3) is 0 Å². The van der Waals surface area contributed by atoms with Crippen LogP contribution >= 0.6 is 0 Å². The van der Waals surface area contributed by atoms with Crippen LogP contribution in [0.2, 0.25) is 0 Å². The van der Waals surface area contributed by atoms with Gasteiger partial charge in [-0.15, -0.1) is 0 Å². The number of amides is 2. The Morgan fingerprint density at radius 3 is 2.45 bits per heavy atom. The van der Waals surface area contributed by atoms with Gasteiger partial charge in [0.15, 0.2) is 0 Å². The number of halogens is 1. The number of ether oxygens (including phenoxy) is 2. The van der Waals surface area contributed by atoms with Crippen LogP contribution in [0, 0.1) is 19.7 Å². The highest BCUT2D eigenvalue weighted by Crippen LogP contribution is 2.38. The number of carbonyl (C=O) groups excluding carboxylic acids is 1. The molecule has 0 radical (unpaired) electrons. The lowest BCUT2D eigenvalue weighted by atomic mass is 9.97. The van der Waals surface area contributed by atoms with Crippen molar-refractivity contribution >= 4 is 12.0 Å². The second kappa shape index (κ2) is 12.9.